The van der Waals surface area contributed by atoms with E-state index in [1.165, 1.54) is 238 Å². The fraction of sp³-hybridized carbons (Fsp3) is 0.500. The lowest BCUT2D eigenvalue weighted by atomic mass is 9.49. The number of carbonyl (C=O) groups is 3. The van der Waals surface area contributed by atoms with Crippen LogP contribution in [0.15, 0.2) is 182 Å². The third-order valence-electron chi connectivity index (χ3n) is 26.3. The highest BCUT2D eigenvalue weighted by atomic mass is 32.2. The van der Waals surface area contributed by atoms with E-state index < -0.39 is 0 Å². The molecule has 0 spiro atoms. The Labute approximate surface area is 691 Å². The van der Waals surface area contributed by atoms with Gasteiger partial charge in [-0.1, -0.05) is 72.8 Å². The number of fused-ring (bicyclic) bond motifs is 4. The summed E-state index contributed by atoms with van der Waals surface area (Å²) in [5, 5.41) is 19.4. The number of benzene rings is 9. The molecule has 8 aliphatic carbocycles. The monoisotopic (exact) mass is 1630 g/mol. The number of carbonyl (C=O) groups excluding carboxylic acids is 3. The van der Waals surface area contributed by atoms with Crippen molar-refractivity contribution in [3.05, 3.63) is 169 Å². The Balaban J connectivity index is 0.000000109. The molecule has 13 fully saturated rings. The van der Waals surface area contributed by atoms with Crippen LogP contribution in [-0.4, -0.2) is 127 Å². The quantitative estimate of drug-likeness (QED) is 0.0381. The molecule has 11 nitrogen and oxygen atoms in total. The molecule has 0 unspecified atom stereocenters. The van der Waals surface area contributed by atoms with E-state index in [4.69, 9.17) is 28.4 Å². The first kappa shape index (κ1) is 81.1. The van der Waals surface area contributed by atoms with Gasteiger partial charge in [0.1, 0.15) is 99.0 Å². The van der Waals surface area contributed by atoms with Crippen LogP contribution in [0.3, 0.4) is 0 Å². The molecular formula is C98H119O11S5+5. The van der Waals surface area contributed by atoms with Crippen molar-refractivity contribution in [1.29, 1.82) is 0 Å². The second-order valence-electron chi connectivity index (χ2n) is 34.2. The third-order valence-corrected chi connectivity index (χ3v) is 39.0. The highest BCUT2D eigenvalue weighted by Gasteiger charge is 2.56. The predicted molar refractivity (Wildman–Crippen MR) is 475 cm³/mol. The number of phenolic OH excluding ortho intramolecular Hbond substituents is 1. The maximum absolute atomic E-state index is 13.3. The second-order valence-corrected chi connectivity index (χ2v) is 45.4. The molecule has 1 N–H and O–H groups in total. The van der Waals surface area contributed by atoms with Gasteiger partial charge in [-0.05, 0) is 293 Å². The van der Waals surface area contributed by atoms with Gasteiger partial charge in [-0.2, -0.15) is 0 Å². The van der Waals surface area contributed by atoms with Crippen molar-refractivity contribution in [2.24, 2.45) is 46.8 Å². The molecule has 0 radical (unpaired) electrons. The van der Waals surface area contributed by atoms with Crippen LogP contribution in [0.1, 0.15) is 152 Å². The van der Waals surface area contributed by atoms with Gasteiger partial charge in [0.25, 0.3) is 0 Å². The van der Waals surface area contributed by atoms with Gasteiger partial charge in [-0.15, -0.1) is 0 Å². The van der Waals surface area contributed by atoms with E-state index >= 15 is 0 Å². The minimum absolute atomic E-state index is 0.0118. The number of aromatic hydroxyl groups is 1. The Kier molecular flexibility index (Phi) is 27.0. The lowest BCUT2D eigenvalue weighted by Gasteiger charge is -2.55. The van der Waals surface area contributed by atoms with E-state index in [0.717, 1.165) is 99.1 Å². The van der Waals surface area contributed by atoms with Crippen molar-refractivity contribution in [2.45, 2.75) is 186 Å². The minimum atomic E-state index is -0.360. The van der Waals surface area contributed by atoms with E-state index in [2.05, 4.69) is 146 Å². The summed E-state index contributed by atoms with van der Waals surface area (Å²) in [5.41, 5.74) is 2.14. The normalized spacial score (nSPS) is 24.9. The Morgan fingerprint density at radius 1 is 0.386 bits per heavy atom. The average molecular weight is 1630 g/mol. The molecule has 13 aliphatic rings. The molecule has 5 saturated heterocycles. The van der Waals surface area contributed by atoms with Crippen molar-refractivity contribution in [3.8, 4) is 28.7 Å². The van der Waals surface area contributed by atoms with E-state index in [0.29, 0.717) is 85.3 Å². The highest BCUT2D eigenvalue weighted by Crippen LogP contribution is 2.61. The van der Waals surface area contributed by atoms with Crippen LogP contribution >= 0.6 is 0 Å². The zero-order valence-corrected chi connectivity index (χ0v) is 71.7. The summed E-state index contributed by atoms with van der Waals surface area (Å²) < 4.78 is 39.3. The maximum Gasteiger partial charge on any atom is 0.344 e. The van der Waals surface area contributed by atoms with Crippen LogP contribution < -0.4 is 18.9 Å². The number of aryl methyl sites for hydroxylation is 2. The molecule has 8 saturated carbocycles. The molecule has 16 heteroatoms. The molecule has 9 aromatic carbocycles. The smallest absolute Gasteiger partial charge is 0.344 e. The summed E-state index contributed by atoms with van der Waals surface area (Å²) in [6.45, 7) is 5.45. The van der Waals surface area contributed by atoms with E-state index in [9.17, 15) is 19.5 Å². The Morgan fingerprint density at radius 2 is 0.737 bits per heavy atom. The van der Waals surface area contributed by atoms with Gasteiger partial charge in [-0.3, -0.25) is 4.79 Å². The van der Waals surface area contributed by atoms with Gasteiger partial charge in [-0.25, -0.2) is 9.59 Å². The molecule has 114 heavy (non-hydrogen) atoms. The summed E-state index contributed by atoms with van der Waals surface area (Å²) in [5.74, 6) is 21.9. The topological polar surface area (TPSA) is 136 Å². The van der Waals surface area contributed by atoms with Crippen LogP contribution in [-0.2, 0) is 83.1 Å². The predicted octanol–water partition coefficient (Wildman–Crippen LogP) is 21.1. The lowest BCUT2D eigenvalue weighted by molar-refractivity contribution is -0.172. The number of hydrogen-bond donors (Lipinski definition) is 1. The molecule has 22 rings (SSSR count). The third kappa shape index (κ3) is 18.7. The first-order chi connectivity index (χ1) is 55.8. The fourth-order valence-corrected chi connectivity index (χ4v) is 34.0. The first-order valence-electron chi connectivity index (χ1n) is 42.9. The summed E-state index contributed by atoms with van der Waals surface area (Å²) in [4.78, 5) is 44.6. The summed E-state index contributed by atoms with van der Waals surface area (Å²) in [7, 11) is 5.05. The zero-order valence-electron chi connectivity index (χ0n) is 67.7. The SMILES string of the molecule is COC(=O)COc1ccc([S+]2CCCC2)c2ccccc12.COCCOc1ccc([S+]2CCCC2)c2ccccc12.Cc1cc([S+]2CCCCC2)cc(C)c1OC(=O)C12CC3CC(CC(C3)C1)C2.O=C(COc1ccc([S+]2CCCC2)c2ccccc12)OC1C2CC3CC(C2)CC1C3.Oc1ccc([S+]2CCCC2)c2ccccc12. The highest BCUT2D eigenvalue weighted by molar-refractivity contribution is 7.98. The number of phenols is 1. The van der Waals surface area contributed by atoms with Crippen molar-refractivity contribution in [3.63, 3.8) is 0 Å². The van der Waals surface area contributed by atoms with E-state index in [-0.39, 0.29) is 42.6 Å². The minimum Gasteiger partial charge on any atom is -0.507 e. The van der Waals surface area contributed by atoms with Gasteiger partial charge >= 0.3 is 17.9 Å². The second kappa shape index (κ2) is 37.9. The summed E-state index contributed by atoms with van der Waals surface area (Å²) >= 11 is 0. The average Bonchev–Trinajstić information content (AvgIpc) is 1.33. The molecule has 9 aromatic rings. The van der Waals surface area contributed by atoms with Crippen molar-refractivity contribution in [1.82, 2.24) is 0 Å². The molecule has 5 aliphatic heterocycles. The van der Waals surface area contributed by atoms with Gasteiger partial charge in [0.05, 0.1) is 19.1 Å². The molecule has 0 atom stereocenters. The standard InChI is InChI=1S/C26H31O3S.C24H33O2S.C17H19O3S.C17H21O2S.C14H14OS/c27-25(29-26-19-12-17-11-18(14-19)15-20(26)13-17)16-28-23-7-8-24(30-9-3-4-10-30)22-6-2-1-5-21(22)23;1-16-8-21(27-6-4-3-5-7-27)9-17(2)22(16)26-23(25)24-13-18-10-19(14-24)12-20(11-18)15-24;1-19-17(18)12-20-15-8-9-16(21-10-4-5-11-21)14-7-3-2-6-13(14)15;1-18-10-11-19-16-8-9-17(20-12-4-5-13-20)15-7-3-2-6-14(15)16;15-13-7-8-14(16-9-3-4-10-16)12-6-2-1-5-11(12)13/h1-2,5-8,17-20,26H,3-4,9-16H2;8-9,18-20H,3-7,10-15H2,1-2H3;2-3,6-9H,4-5,10-12H2,1H3;2-3,6-9H,4-5,10-13H2,1H3;1-2,5-8H,3-4,9-10H2/q4*+1;/p+1. The molecule has 0 amide bonds. The van der Waals surface area contributed by atoms with Crippen LogP contribution in [0.5, 0.6) is 28.7 Å². The van der Waals surface area contributed by atoms with E-state index in [1.807, 2.05) is 30.3 Å². The van der Waals surface area contributed by atoms with Crippen LogP contribution in [0.2, 0.25) is 0 Å². The Morgan fingerprint density at radius 3 is 1.15 bits per heavy atom. The van der Waals surface area contributed by atoms with Crippen molar-refractivity contribution in [2.75, 3.05) is 98.2 Å². The number of ether oxygens (including phenoxy) is 7. The maximum atomic E-state index is 13.3. The molecule has 5 heterocycles. The number of hydrogen-bond acceptors (Lipinski definition) is 11. The van der Waals surface area contributed by atoms with Crippen molar-refractivity contribution >= 4 is 115 Å². The fourth-order valence-electron chi connectivity index (χ4n) is 21.6. The Hall–Kier alpha value is -6.66. The van der Waals surface area contributed by atoms with Gasteiger partial charge in [0, 0.05) is 105 Å². The number of methoxy groups -OCH3 is 2. The lowest BCUT2D eigenvalue weighted by Crippen LogP contribution is -2.51. The summed E-state index contributed by atoms with van der Waals surface area (Å²) in [6, 6.07) is 55.1. The van der Waals surface area contributed by atoms with Gasteiger partial charge in [0.15, 0.2) is 37.7 Å². The Bertz CT molecular complexity index is 4730. The number of esters is 3. The van der Waals surface area contributed by atoms with Gasteiger partial charge < -0.3 is 38.3 Å². The zero-order chi connectivity index (χ0) is 78.1. The number of rotatable bonds is 18. The first-order valence-corrected chi connectivity index (χ1v) is 50.7. The van der Waals surface area contributed by atoms with Crippen LogP contribution in [0, 0.1) is 60.7 Å². The molecular weight excluding hydrogens is 1510 g/mol. The van der Waals surface area contributed by atoms with Crippen LogP contribution in [0.25, 0.3) is 43.1 Å². The largest absolute Gasteiger partial charge is 0.507 e. The van der Waals surface area contributed by atoms with E-state index in [1.54, 1.807) is 7.11 Å². The molecule has 602 valence electrons. The van der Waals surface area contributed by atoms with Crippen molar-refractivity contribution < 1.29 is 52.6 Å². The van der Waals surface area contributed by atoms with Gasteiger partial charge in [0.2, 0.25) is 0 Å². The molecule has 8 bridgehead atoms. The molecule has 0 aromatic heterocycles. The summed E-state index contributed by atoms with van der Waals surface area (Å²) in [6.07, 6.45) is 28.9. The van der Waals surface area contributed by atoms with Crippen LogP contribution in [0.4, 0.5) is 0 Å².